The van der Waals surface area contributed by atoms with E-state index in [4.69, 9.17) is 24.7 Å². The van der Waals surface area contributed by atoms with E-state index in [1.165, 1.54) is 11.9 Å². The van der Waals surface area contributed by atoms with Crippen LogP contribution in [0.4, 0.5) is 5.69 Å². The zero-order valence-electron chi connectivity index (χ0n) is 18.9. The van der Waals surface area contributed by atoms with Gasteiger partial charge in [-0.15, -0.1) is 0 Å². The minimum atomic E-state index is -2.02. The number of hydrogen-bond donors (Lipinski definition) is 1. The number of esters is 3. The van der Waals surface area contributed by atoms with E-state index in [-0.39, 0.29) is 36.7 Å². The molecule has 2 aliphatic rings. The van der Waals surface area contributed by atoms with Crippen LogP contribution in [0.1, 0.15) is 32.8 Å². The van der Waals surface area contributed by atoms with E-state index >= 15 is 0 Å². The number of amides is 1. The quantitative estimate of drug-likeness (QED) is 0.476. The molecule has 10 nitrogen and oxygen atoms in total. The predicted molar refractivity (Wildman–Crippen MR) is 115 cm³/mol. The van der Waals surface area contributed by atoms with E-state index in [0.717, 1.165) is 0 Å². The SMILES string of the molecule is CCOC(=O)CC1=C(C(=O)OCC)C2(C(=O)N(C)c3ccccc32)C(C(=O)OCC)=C(N)O1. The highest BCUT2D eigenvalue weighted by molar-refractivity contribution is 6.22. The predicted octanol–water partition coefficient (Wildman–Crippen LogP) is 1.43. The lowest BCUT2D eigenvalue weighted by Crippen LogP contribution is -2.50. The Morgan fingerprint density at radius 2 is 1.55 bits per heavy atom. The molecular formula is C23H26N2O8. The van der Waals surface area contributed by atoms with Crippen molar-refractivity contribution in [1.29, 1.82) is 0 Å². The average molecular weight is 458 g/mol. The Morgan fingerprint density at radius 3 is 2.15 bits per heavy atom. The topological polar surface area (TPSA) is 134 Å². The molecule has 1 atom stereocenters. The summed E-state index contributed by atoms with van der Waals surface area (Å²) in [5, 5.41) is 0. The molecule has 1 aromatic carbocycles. The van der Waals surface area contributed by atoms with Gasteiger partial charge >= 0.3 is 17.9 Å². The third kappa shape index (κ3) is 3.71. The van der Waals surface area contributed by atoms with Crippen molar-refractivity contribution in [3.05, 3.63) is 52.6 Å². The molecule has 0 aromatic heterocycles. The molecule has 10 heteroatoms. The summed E-state index contributed by atoms with van der Waals surface area (Å²) in [5.74, 6) is -3.86. The monoisotopic (exact) mass is 458 g/mol. The molecule has 176 valence electrons. The number of rotatable bonds is 7. The van der Waals surface area contributed by atoms with Gasteiger partial charge in [0.25, 0.3) is 0 Å². The van der Waals surface area contributed by atoms with Gasteiger partial charge in [-0.25, -0.2) is 9.59 Å². The van der Waals surface area contributed by atoms with Gasteiger partial charge < -0.3 is 29.6 Å². The van der Waals surface area contributed by atoms with E-state index in [0.29, 0.717) is 11.3 Å². The van der Waals surface area contributed by atoms with E-state index < -0.39 is 41.5 Å². The molecular weight excluding hydrogens is 432 g/mol. The molecule has 2 heterocycles. The maximum Gasteiger partial charge on any atom is 0.341 e. The summed E-state index contributed by atoms with van der Waals surface area (Å²) in [7, 11) is 1.51. The van der Waals surface area contributed by atoms with Gasteiger partial charge in [0.05, 0.1) is 19.8 Å². The molecule has 33 heavy (non-hydrogen) atoms. The van der Waals surface area contributed by atoms with Crippen molar-refractivity contribution in [1.82, 2.24) is 0 Å². The van der Waals surface area contributed by atoms with Gasteiger partial charge in [-0.2, -0.15) is 0 Å². The van der Waals surface area contributed by atoms with Gasteiger partial charge in [0.15, 0.2) is 0 Å². The Hall–Kier alpha value is -3.82. The maximum absolute atomic E-state index is 13.9. The zero-order chi connectivity index (χ0) is 24.3. The third-order valence-corrected chi connectivity index (χ3v) is 5.37. The number of fused-ring (bicyclic) bond motifs is 2. The summed E-state index contributed by atoms with van der Waals surface area (Å²) in [4.78, 5) is 54.0. The fourth-order valence-corrected chi connectivity index (χ4v) is 4.19. The summed E-state index contributed by atoms with van der Waals surface area (Å²) in [6, 6.07) is 6.65. The molecule has 1 spiro atoms. The molecule has 1 amide bonds. The fraction of sp³-hybridized carbons (Fsp3) is 0.391. The maximum atomic E-state index is 13.9. The van der Waals surface area contributed by atoms with Gasteiger partial charge in [0.1, 0.15) is 28.7 Å². The standard InChI is InChI=1S/C23H26N2O8/c1-5-30-16(26)12-15-17(20(27)31-6-2)23(18(19(24)33-15)21(28)32-7-3)13-10-8-9-11-14(13)25(4)22(23)29/h8-11H,5-7,12,24H2,1-4H3. The molecule has 2 aliphatic heterocycles. The van der Waals surface area contributed by atoms with Gasteiger partial charge in [0, 0.05) is 18.3 Å². The molecule has 3 rings (SSSR count). The smallest absolute Gasteiger partial charge is 0.341 e. The fourth-order valence-electron chi connectivity index (χ4n) is 4.19. The molecule has 2 N–H and O–H groups in total. The van der Waals surface area contributed by atoms with Crippen LogP contribution in [-0.2, 0) is 43.5 Å². The van der Waals surface area contributed by atoms with Gasteiger partial charge in [-0.05, 0) is 26.8 Å². The van der Waals surface area contributed by atoms with Crippen molar-refractivity contribution in [3.63, 3.8) is 0 Å². The minimum Gasteiger partial charge on any atom is -0.466 e. The van der Waals surface area contributed by atoms with Crippen molar-refractivity contribution < 1.29 is 38.1 Å². The van der Waals surface area contributed by atoms with Crippen molar-refractivity contribution in [2.75, 3.05) is 31.8 Å². The zero-order valence-corrected chi connectivity index (χ0v) is 18.9. The number of ether oxygens (including phenoxy) is 4. The Bertz CT molecular complexity index is 1070. The molecule has 0 radical (unpaired) electrons. The number of carbonyl (C=O) groups is 4. The van der Waals surface area contributed by atoms with Crippen molar-refractivity contribution >= 4 is 29.5 Å². The first-order valence-electron chi connectivity index (χ1n) is 10.5. The van der Waals surface area contributed by atoms with Crippen LogP contribution in [-0.4, -0.2) is 50.7 Å². The van der Waals surface area contributed by atoms with Crippen LogP contribution in [0.25, 0.3) is 0 Å². The number of benzene rings is 1. The van der Waals surface area contributed by atoms with Crippen LogP contribution < -0.4 is 10.6 Å². The third-order valence-electron chi connectivity index (χ3n) is 5.37. The summed E-state index contributed by atoms with van der Waals surface area (Å²) >= 11 is 0. The summed E-state index contributed by atoms with van der Waals surface area (Å²) in [6.07, 6.45) is -0.500. The van der Waals surface area contributed by atoms with Crippen LogP contribution in [0.15, 0.2) is 47.1 Å². The number of nitrogens with two attached hydrogens (primary N) is 1. The molecule has 0 aliphatic carbocycles. The lowest BCUT2D eigenvalue weighted by atomic mass is 9.67. The van der Waals surface area contributed by atoms with Crippen molar-refractivity contribution in [2.45, 2.75) is 32.6 Å². The first-order chi connectivity index (χ1) is 15.7. The first kappa shape index (κ1) is 23.8. The summed E-state index contributed by atoms with van der Waals surface area (Å²) < 4.78 is 21.0. The van der Waals surface area contributed by atoms with Crippen LogP contribution in [0.2, 0.25) is 0 Å². The molecule has 0 fully saturated rings. The molecule has 0 bridgehead atoms. The molecule has 0 saturated carbocycles. The second-order valence-electron chi connectivity index (χ2n) is 7.19. The number of para-hydroxylation sites is 1. The molecule has 1 unspecified atom stereocenters. The Morgan fingerprint density at radius 1 is 0.970 bits per heavy atom. The highest BCUT2D eigenvalue weighted by Gasteiger charge is 2.63. The average Bonchev–Trinajstić information content (AvgIpc) is 2.97. The van der Waals surface area contributed by atoms with E-state index in [1.807, 2.05) is 0 Å². The Balaban J connectivity index is 2.41. The van der Waals surface area contributed by atoms with Crippen molar-refractivity contribution in [2.24, 2.45) is 5.73 Å². The van der Waals surface area contributed by atoms with Gasteiger partial charge in [0.2, 0.25) is 11.8 Å². The number of likely N-dealkylation sites (N-methyl/N-ethyl adjacent to an activating group) is 1. The largest absolute Gasteiger partial charge is 0.466 e. The number of hydrogen-bond acceptors (Lipinski definition) is 9. The number of anilines is 1. The number of carbonyl (C=O) groups excluding carboxylic acids is 4. The molecule has 0 saturated heterocycles. The van der Waals surface area contributed by atoms with Crippen LogP contribution in [0.5, 0.6) is 0 Å². The second-order valence-corrected chi connectivity index (χ2v) is 7.19. The highest BCUT2D eigenvalue weighted by Crippen LogP contribution is 2.54. The summed E-state index contributed by atoms with van der Waals surface area (Å²) in [6.45, 7) is 4.87. The first-order valence-corrected chi connectivity index (χ1v) is 10.5. The molecule has 1 aromatic rings. The highest BCUT2D eigenvalue weighted by atomic mass is 16.6. The minimum absolute atomic E-state index is 0.00843. The van der Waals surface area contributed by atoms with E-state index in [1.54, 1.807) is 45.0 Å². The van der Waals surface area contributed by atoms with E-state index in [9.17, 15) is 19.2 Å². The van der Waals surface area contributed by atoms with Crippen LogP contribution >= 0.6 is 0 Å². The Kier molecular flexibility index (Phi) is 6.75. The lowest BCUT2D eigenvalue weighted by Gasteiger charge is -2.36. The van der Waals surface area contributed by atoms with E-state index in [2.05, 4.69) is 0 Å². The van der Waals surface area contributed by atoms with Crippen LogP contribution in [0.3, 0.4) is 0 Å². The van der Waals surface area contributed by atoms with Crippen LogP contribution in [0, 0.1) is 0 Å². The Labute approximate surface area is 190 Å². The van der Waals surface area contributed by atoms with Gasteiger partial charge in [-0.1, -0.05) is 18.2 Å². The van der Waals surface area contributed by atoms with Gasteiger partial charge in [-0.3, -0.25) is 9.59 Å². The lowest BCUT2D eigenvalue weighted by molar-refractivity contribution is -0.144. The summed E-state index contributed by atoms with van der Waals surface area (Å²) in [5.41, 5.74) is 4.25. The normalized spacial score (nSPS) is 19.4. The van der Waals surface area contributed by atoms with Crippen molar-refractivity contribution in [3.8, 4) is 0 Å². The number of nitrogens with zero attached hydrogens (tertiary/aromatic N) is 1. The second kappa shape index (κ2) is 9.35.